The number of rotatable bonds is 4. The molecule has 10 heteroatoms. The predicted molar refractivity (Wildman–Crippen MR) is 85.0 cm³/mol. The number of hydrogen-bond acceptors (Lipinski definition) is 4. The second kappa shape index (κ2) is 6.93. The Labute approximate surface area is 146 Å². The van der Waals surface area contributed by atoms with Crippen LogP contribution in [0, 0.1) is 0 Å². The maximum absolute atomic E-state index is 12.9. The molecule has 0 radical (unpaired) electrons. The first kappa shape index (κ1) is 19.1. The van der Waals surface area contributed by atoms with Crippen molar-refractivity contribution in [3.05, 3.63) is 58.6 Å². The van der Waals surface area contributed by atoms with E-state index in [0.29, 0.717) is 6.07 Å². The summed E-state index contributed by atoms with van der Waals surface area (Å²) < 4.78 is 69.9. The van der Waals surface area contributed by atoms with Crippen LogP contribution in [0.25, 0.3) is 0 Å². The van der Waals surface area contributed by atoms with Crippen LogP contribution in [0.1, 0.15) is 15.9 Å². The van der Waals surface area contributed by atoms with Gasteiger partial charge >= 0.3 is 12.1 Å². The van der Waals surface area contributed by atoms with E-state index in [1.807, 2.05) is 0 Å². The maximum atomic E-state index is 12.9. The number of methoxy groups -OCH3 is 1. The third-order valence-corrected chi connectivity index (χ3v) is 4.80. The summed E-state index contributed by atoms with van der Waals surface area (Å²) in [5.41, 5.74) is -1.19. The Morgan fingerprint density at radius 2 is 1.84 bits per heavy atom. The normalized spacial score (nSPS) is 11.9. The zero-order chi connectivity index (χ0) is 18.8. The first-order chi connectivity index (χ1) is 11.5. The Balaban J connectivity index is 2.39. The highest BCUT2D eigenvalue weighted by atomic mass is 35.5. The lowest BCUT2D eigenvalue weighted by molar-refractivity contribution is -0.137. The average Bonchev–Trinajstić information content (AvgIpc) is 2.53. The number of anilines is 1. The van der Waals surface area contributed by atoms with Gasteiger partial charge in [-0.1, -0.05) is 17.7 Å². The zero-order valence-electron chi connectivity index (χ0n) is 12.6. The van der Waals surface area contributed by atoms with Crippen LogP contribution in [0.15, 0.2) is 47.4 Å². The number of sulfonamides is 1. The molecular formula is C15H11ClF3NO4S. The van der Waals surface area contributed by atoms with Crippen molar-refractivity contribution < 1.29 is 31.1 Å². The number of alkyl halides is 3. The van der Waals surface area contributed by atoms with Crippen molar-refractivity contribution in [1.29, 1.82) is 0 Å². The number of carbonyl (C=O) groups excluding carboxylic acids is 1. The number of esters is 1. The third-order valence-electron chi connectivity index (χ3n) is 3.09. The van der Waals surface area contributed by atoms with E-state index in [0.717, 1.165) is 19.2 Å². The van der Waals surface area contributed by atoms with Gasteiger partial charge in [-0.2, -0.15) is 13.2 Å². The van der Waals surface area contributed by atoms with E-state index in [-0.39, 0.29) is 11.3 Å². The van der Waals surface area contributed by atoms with E-state index >= 15 is 0 Å². The summed E-state index contributed by atoms with van der Waals surface area (Å²) in [4.78, 5) is 10.8. The van der Waals surface area contributed by atoms with E-state index in [2.05, 4.69) is 9.46 Å². The molecule has 0 saturated heterocycles. The lowest BCUT2D eigenvalue weighted by Gasteiger charge is -2.13. The Bertz CT molecular complexity index is 913. The van der Waals surface area contributed by atoms with Crippen LogP contribution in [0.4, 0.5) is 18.9 Å². The third kappa shape index (κ3) is 4.43. The molecule has 5 nitrogen and oxygen atoms in total. The van der Waals surface area contributed by atoms with Crippen molar-refractivity contribution >= 4 is 33.3 Å². The highest BCUT2D eigenvalue weighted by Gasteiger charge is 2.34. The smallest absolute Gasteiger partial charge is 0.417 e. The Kier molecular flexibility index (Phi) is 5.28. The van der Waals surface area contributed by atoms with E-state index in [4.69, 9.17) is 11.6 Å². The van der Waals surface area contributed by atoms with E-state index < -0.39 is 37.7 Å². The fourth-order valence-electron chi connectivity index (χ4n) is 1.93. The quantitative estimate of drug-likeness (QED) is 0.798. The van der Waals surface area contributed by atoms with Gasteiger partial charge in [0.1, 0.15) is 0 Å². The fraction of sp³-hybridized carbons (Fsp3) is 0.133. The Hall–Kier alpha value is -2.26. The van der Waals surface area contributed by atoms with Crippen LogP contribution in [0.2, 0.25) is 5.02 Å². The lowest BCUT2D eigenvalue weighted by Crippen LogP contribution is -2.15. The summed E-state index contributed by atoms with van der Waals surface area (Å²) in [6.07, 6.45) is -4.80. The molecule has 0 bridgehead atoms. The summed E-state index contributed by atoms with van der Waals surface area (Å²) in [5, 5.41) is -0.612. The number of benzene rings is 2. The molecule has 2 aromatic rings. The van der Waals surface area contributed by atoms with Gasteiger partial charge in [-0.05, 0) is 36.4 Å². The van der Waals surface area contributed by atoms with E-state index in [9.17, 15) is 26.4 Å². The molecule has 0 saturated carbocycles. The summed E-state index contributed by atoms with van der Waals surface area (Å²) in [6, 6.07) is 7.57. The second-order valence-corrected chi connectivity index (χ2v) is 6.91. The predicted octanol–water partition coefficient (Wildman–Crippen LogP) is 3.95. The van der Waals surface area contributed by atoms with Crippen LogP contribution in [0.3, 0.4) is 0 Å². The largest absolute Gasteiger partial charge is 0.465 e. The maximum Gasteiger partial charge on any atom is 0.417 e. The first-order valence-corrected chi connectivity index (χ1v) is 8.48. The number of nitrogens with one attached hydrogen (secondary N) is 1. The fourth-order valence-corrected chi connectivity index (χ4v) is 3.23. The molecule has 134 valence electrons. The van der Waals surface area contributed by atoms with Crippen molar-refractivity contribution in [3.63, 3.8) is 0 Å². The van der Waals surface area contributed by atoms with Crippen LogP contribution in [0.5, 0.6) is 0 Å². The van der Waals surface area contributed by atoms with Gasteiger partial charge in [-0.25, -0.2) is 13.2 Å². The monoisotopic (exact) mass is 393 g/mol. The summed E-state index contributed by atoms with van der Waals surface area (Å²) in [6.45, 7) is 0. The van der Waals surface area contributed by atoms with Gasteiger partial charge in [0.2, 0.25) is 0 Å². The number of carbonyl (C=O) groups is 1. The van der Waals surface area contributed by atoms with Crippen LogP contribution < -0.4 is 4.72 Å². The molecule has 2 aromatic carbocycles. The number of hydrogen-bond donors (Lipinski definition) is 1. The number of halogens is 4. The molecular weight excluding hydrogens is 383 g/mol. The van der Waals surface area contributed by atoms with Crippen molar-refractivity contribution in [2.75, 3.05) is 11.8 Å². The molecule has 2 rings (SSSR count). The molecule has 0 heterocycles. The van der Waals surface area contributed by atoms with Gasteiger partial charge in [0.05, 0.1) is 28.2 Å². The highest BCUT2D eigenvalue weighted by Crippen LogP contribution is 2.36. The molecule has 0 spiro atoms. The van der Waals surface area contributed by atoms with Gasteiger partial charge in [0.25, 0.3) is 10.0 Å². The molecule has 0 fully saturated rings. The van der Waals surface area contributed by atoms with Gasteiger partial charge in [0.15, 0.2) is 0 Å². The summed E-state index contributed by atoms with van der Waals surface area (Å²) in [7, 11) is -3.16. The van der Waals surface area contributed by atoms with Crippen molar-refractivity contribution in [1.82, 2.24) is 0 Å². The van der Waals surface area contributed by atoms with Gasteiger partial charge in [-0.3, -0.25) is 4.72 Å². The molecule has 0 unspecified atom stereocenters. The standard InChI is InChI=1S/C15H11ClF3NO4S/c1-24-14(21)9-3-2-4-10(7-9)20-25(22,23)11-5-6-13(16)12(8-11)15(17,18)19/h2-8,20H,1H3. The van der Waals surface area contributed by atoms with Crippen LogP contribution >= 0.6 is 11.6 Å². The van der Waals surface area contributed by atoms with Crippen molar-refractivity contribution in [2.24, 2.45) is 0 Å². The van der Waals surface area contributed by atoms with E-state index in [1.165, 1.54) is 24.3 Å². The first-order valence-electron chi connectivity index (χ1n) is 6.62. The minimum Gasteiger partial charge on any atom is -0.465 e. The molecule has 0 aromatic heterocycles. The molecule has 1 N–H and O–H groups in total. The molecule has 0 aliphatic carbocycles. The topological polar surface area (TPSA) is 72.5 Å². The van der Waals surface area contributed by atoms with Crippen molar-refractivity contribution in [3.8, 4) is 0 Å². The Morgan fingerprint density at radius 3 is 2.44 bits per heavy atom. The van der Waals surface area contributed by atoms with E-state index in [1.54, 1.807) is 0 Å². The second-order valence-electron chi connectivity index (χ2n) is 4.82. The minimum absolute atomic E-state index is 0.00795. The summed E-state index contributed by atoms with van der Waals surface area (Å²) >= 11 is 5.48. The Morgan fingerprint density at radius 1 is 1.16 bits per heavy atom. The minimum atomic E-state index is -4.80. The average molecular weight is 394 g/mol. The molecule has 25 heavy (non-hydrogen) atoms. The number of ether oxygens (including phenoxy) is 1. The lowest BCUT2D eigenvalue weighted by atomic mass is 10.2. The van der Waals surface area contributed by atoms with Gasteiger partial charge in [-0.15, -0.1) is 0 Å². The molecule has 0 amide bonds. The van der Waals surface area contributed by atoms with Crippen LogP contribution in [-0.4, -0.2) is 21.5 Å². The van der Waals surface area contributed by atoms with Gasteiger partial charge in [0, 0.05) is 5.69 Å². The molecule has 0 atom stereocenters. The van der Waals surface area contributed by atoms with Gasteiger partial charge < -0.3 is 4.74 Å². The SMILES string of the molecule is COC(=O)c1cccc(NS(=O)(=O)c2ccc(Cl)c(C(F)(F)F)c2)c1. The highest BCUT2D eigenvalue weighted by molar-refractivity contribution is 7.92. The summed E-state index contributed by atoms with van der Waals surface area (Å²) in [5.74, 6) is -0.688. The van der Waals surface area contributed by atoms with Crippen molar-refractivity contribution in [2.45, 2.75) is 11.1 Å². The zero-order valence-corrected chi connectivity index (χ0v) is 14.2. The van der Waals surface area contributed by atoms with Crippen LogP contribution in [-0.2, 0) is 20.9 Å². The molecule has 0 aliphatic rings. The molecule has 0 aliphatic heterocycles.